The molecule has 0 aromatic carbocycles. The van der Waals surface area contributed by atoms with Gasteiger partial charge in [-0.25, -0.2) is 13.5 Å². The summed E-state index contributed by atoms with van der Waals surface area (Å²) in [5, 5.41) is 0. The van der Waals surface area contributed by atoms with Crippen molar-refractivity contribution >= 4 is 10.8 Å². The van der Waals surface area contributed by atoms with E-state index in [0.717, 1.165) is 6.26 Å². The summed E-state index contributed by atoms with van der Waals surface area (Å²) in [7, 11) is -2.99. The molecule has 0 unspecified atom stereocenters. The first kappa shape index (κ1) is 14.6. The second-order valence-corrected chi connectivity index (χ2v) is 4.18. The number of hydrogen-bond acceptors (Lipinski definition) is 3. The van der Waals surface area contributed by atoms with Gasteiger partial charge in [-0.15, -0.1) is 10.8 Å². The molecule has 0 saturated carbocycles. The molecular formula is C6H17F2NO2S. The predicted octanol–water partition coefficient (Wildman–Crippen LogP) is 2.55. The van der Waals surface area contributed by atoms with E-state index in [1.807, 2.05) is 18.6 Å². The Labute approximate surface area is 73.7 Å². The van der Waals surface area contributed by atoms with Crippen molar-refractivity contribution in [2.75, 3.05) is 12.8 Å². The summed E-state index contributed by atoms with van der Waals surface area (Å²) < 4.78 is 43.0. The normalized spacial score (nSPS) is 13.3. The largest absolute Gasteiger partial charge is 0.286 e. The third-order valence-corrected chi connectivity index (χ3v) is 1.35. The van der Waals surface area contributed by atoms with E-state index >= 15 is 0 Å². The lowest BCUT2D eigenvalue weighted by Crippen LogP contribution is -2.31. The predicted molar refractivity (Wildman–Crippen MR) is 48.7 cm³/mol. The fourth-order valence-corrected chi connectivity index (χ4v) is 0.790. The van der Waals surface area contributed by atoms with Crippen LogP contribution in [0.25, 0.3) is 0 Å². The molecule has 3 nitrogen and oxygen atoms in total. The molecule has 12 heavy (non-hydrogen) atoms. The van der Waals surface area contributed by atoms with Crippen LogP contribution in [0.4, 0.5) is 8.78 Å². The molecule has 0 aliphatic heterocycles. The lowest BCUT2D eigenvalue weighted by Gasteiger charge is -2.28. The fraction of sp³-hybridized carbons (Fsp3) is 1.00. The maximum Gasteiger partial charge on any atom is 0.259 e. The zero-order valence-corrected chi connectivity index (χ0v) is 8.58. The molecule has 0 saturated heterocycles. The Morgan fingerprint density at radius 3 is 1.75 bits per heavy atom. The Morgan fingerprint density at radius 2 is 1.67 bits per heavy atom. The van der Waals surface area contributed by atoms with Gasteiger partial charge in [0.05, 0.1) is 6.54 Å². The van der Waals surface area contributed by atoms with E-state index < -0.39 is 23.2 Å². The minimum Gasteiger partial charge on any atom is -0.286 e. The van der Waals surface area contributed by atoms with Gasteiger partial charge in [-0.05, 0) is 0 Å². The highest BCUT2D eigenvalue weighted by atomic mass is 32.3. The van der Waals surface area contributed by atoms with Crippen LogP contribution in [0.15, 0.2) is 0 Å². The van der Waals surface area contributed by atoms with Gasteiger partial charge in [-0.3, -0.25) is 9.11 Å². The zero-order chi connectivity index (χ0) is 10.4. The van der Waals surface area contributed by atoms with Crippen LogP contribution in [-0.4, -0.2) is 27.8 Å². The monoisotopic (exact) mass is 205 g/mol. The van der Waals surface area contributed by atoms with Crippen LogP contribution in [0.2, 0.25) is 0 Å². The van der Waals surface area contributed by atoms with Gasteiger partial charge in [0.25, 0.3) is 5.92 Å². The minimum atomic E-state index is -2.99. The Balaban J connectivity index is 0. The van der Waals surface area contributed by atoms with Crippen molar-refractivity contribution in [1.82, 2.24) is 4.72 Å². The van der Waals surface area contributed by atoms with Gasteiger partial charge in [0.1, 0.15) is 0 Å². The van der Waals surface area contributed by atoms with Crippen molar-refractivity contribution in [3.8, 4) is 0 Å². The van der Waals surface area contributed by atoms with Crippen LogP contribution in [0, 0.1) is 0 Å². The second-order valence-electron chi connectivity index (χ2n) is 2.22. The average Bonchev–Trinajstić information content (AvgIpc) is 1.86. The summed E-state index contributed by atoms with van der Waals surface area (Å²) in [5.74, 6) is -2.90. The molecule has 0 radical (unpaired) electrons. The Morgan fingerprint density at radius 1 is 1.33 bits per heavy atom. The molecule has 0 atom stereocenters. The van der Waals surface area contributed by atoms with Crippen molar-refractivity contribution in [3.05, 3.63) is 0 Å². The van der Waals surface area contributed by atoms with E-state index in [2.05, 4.69) is 0 Å². The number of rotatable bonds is 3. The number of alkyl halides is 2. The van der Waals surface area contributed by atoms with Crippen LogP contribution in [0.5, 0.6) is 0 Å². The first-order valence-corrected chi connectivity index (χ1v) is 5.52. The van der Waals surface area contributed by atoms with Crippen LogP contribution in [0.1, 0.15) is 20.8 Å². The quantitative estimate of drug-likeness (QED) is 0.663. The van der Waals surface area contributed by atoms with E-state index in [0.29, 0.717) is 6.92 Å². The number of hydrogen-bond donors (Lipinski definition) is 3. The Bertz CT molecular complexity index is 97.1. The molecule has 0 fully saturated rings. The highest BCUT2D eigenvalue weighted by Crippen LogP contribution is 2.28. The summed E-state index contributed by atoms with van der Waals surface area (Å²) >= 11 is 0. The lowest BCUT2D eigenvalue weighted by molar-refractivity contribution is 0.0275. The fourth-order valence-electron chi connectivity index (χ4n) is 0.263. The third-order valence-electron chi connectivity index (χ3n) is 0.656. The maximum absolute atomic E-state index is 12.0. The van der Waals surface area contributed by atoms with Gasteiger partial charge < -0.3 is 0 Å². The lowest BCUT2D eigenvalue weighted by atomic mass is 10.4. The van der Waals surface area contributed by atoms with Crippen molar-refractivity contribution < 1.29 is 17.9 Å². The van der Waals surface area contributed by atoms with Crippen molar-refractivity contribution in [3.63, 3.8) is 0 Å². The standard InChI is InChI=1S/C4H11F2NO2S.C2H6/c1-4(5,6)3-7-10(2,8)9;1-2/h7-9H,3H2,1-2H3;1-2H3. The van der Waals surface area contributed by atoms with E-state index in [1.165, 1.54) is 0 Å². The number of halogens is 2. The number of nitrogens with one attached hydrogen (secondary N) is 1. The van der Waals surface area contributed by atoms with Gasteiger partial charge in [0, 0.05) is 13.2 Å². The summed E-state index contributed by atoms with van der Waals surface area (Å²) in [6.45, 7) is 3.98. The molecule has 0 heterocycles. The summed E-state index contributed by atoms with van der Waals surface area (Å²) in [6, 6.07) is 0. The molecule has 0 rings (SSSR count). The van der Waals surface area contributed by atoms with E-state index in [9.17, 15) is 8.78 Å². The van der Waals surface area contributed by atoms with Crippen molar-refractivity contribution in [2.45, 2.75) is 26.7 Å². The van der Waals surface area contributed by atoms with Gasteiger partial charge >= 0.3 is 0 Å². The highest BCUT2D eigenvalue weighted by Gasteiger charge is 2.22. The minimum absolute atomic E-state index is 0.700. The smallest absolute Gasteiger partial charge is 0.259 e. The maximum atomic E-state index is 12.0. The van der Waals surface area contributed by atoms with Gasteiger partial charge in [-0.2, -0.15) is 0 Å². The molecule has 0 bridgehead atoms. The van der Waals surface area contributed by atoms with Crippen molar-refractivity contribution in [2.24, 2.45) is 0 Å². The van der Waals surface area contributed by atoms with Gasteiger partial charge in [-0.1, -0.05) is 13.8 Å². The van der Waals surface area contributed by atoms with E-state index in [4.69, 9.17) is 9.11 Å². The molecule has 0 spiro atoms. The average molecular weight is 205 g/mol. The van der Waals surface area contributed by atoms with E-state index in [1.54, 1.807) is 0 Å². The Kier molecular flexibility index (Phi) is 6.92. The zero-order valence-electron chi connectivity index (χ0n) is 7.77. The highest BCUT2D eigenvalue weighted by molar-refractivity contribution is 8.22. The van der Waals surface area contributed by atoms with Crippen LogP contribution in [0.3, 0.4) is 0 Å². The van der Waals surface area contributed by atoms with Crippen LogP contribution >= 0.6 is 10.8 Å². The molecule has 0 aliphatic carbocycles. The third kappa shape index (κ3) is 16.6. The molecule has 3 N–H and O–H groups in total. The SMILES string of the molecule is CC.CC(F)(F)CNS(C)(O)O. The molecular weight excluding hydrogens is 188 g/mol. The molecule has 0 amide bonds. The summed E-state index contributed by atoms with van der Waals surface area (Å²) in [6.07, 6.45) is 1.05. The topological polar surface area (TPSA) is 52.5 Å². The molecule has 0 aliphatic rings. The molecule has 78 valence electrons. The molecule has 0 aromatic heterocycles. The molecule has 0 aromatic rings. The first-order valence-electron chi connectivity index (χ1n) is 3.56. The van der Waals surface area contributed by atoms with Crippen molar-refractivity contribution in [1.29, 1.82) is 0 Å². The first-order chi connectivity index (χ1) is 5.21. The van der Waals surface area contributed by atoms with E-state index in [-0.39, 0.29) is 0 Å². The summed E-state index contributed by atoms with van der Waals surface area (Å²) in [4.78, 5) is 0. The van der Waals surface area contributed by atoms with Crippen LogP contribution in [-0.2, 0) is 0 Å². The summed E-state index contributed by atoms with van der Waals surface area (Å²) in [5.41, 5.74) is 0. The molecule has 6 heteroatoms. The Hall–Kier alpha value is 0.0900. The van der Waals surface area contributed by atoms with Gasteiger partial charge in [0.2, 0.25) is 0 Å². The van der Waals surface area contributed by atoms with Gasteiger partial charge in [0.15, 0.2) is 0 Å². The second kappa shape index (κ2) is 5.69. The van der Waals surface area contributed by atoms with Crippen LogP contribution < -0.4 is 4.72 Å².